The molecule has 0 bridgehead atoms. The molecule has 1 aromatic heterocycles. The Labute approximate surface area is 131 Å². The number of β-amino-alcohol motifs (C(OH)–C–C–N with tert-alkyl or cyclic N) is 1. The monoisotopic (exact) mass is 309 g/mol. The number of hydrogen-bond donors (Lipinski definition) is 2. The van der Waals surface area contributed by atoms with Crippen molar-refractivity contribution < 1.29 is 14.6 Å². The van der Waals surface area contributed by atoms with Gasteiger partial charge in [-0.1, -0.05) is 0 Å². The Hall–Kier alpha value is -0.950. The van der Waals surface area contributed by atoms with E-state index in [1.54, 1.807) is 0 Å². The van der Waals surface area contributed by atoms with Crippen molar-refractivity contribution in [2.45, 2.75) is 43.8 Å². The Morgan fingerprint density at radius 2 is 2.41 bits per heavy atom. The molecule has 0 aliphatic carbocycles. The molecule has 2 aliphatic heterocycles. The fourth-order valence-corrected chi connectivity index (χ4v) is 3.41. The van der Waals surface area contributed by atoms with E-state index in [-0.39, 0.29) is 6.10 Å². The largest absolute Gasteiger partial charge is 0.389 e. The number of piperidine rings is 1. The van der Waals surface area contributed by atoms with E-state index in [1.807, 2.05) is 12.4 Å². The summed E-state index contributed by atoms with van der Waals surface area (Å²) in [7, 11) is 0. The highest BCUT2D eigenvalue weighted by molar-refractivity contribution is 4.99. The van der Waals surface area contributed by atoms with Crippen LogP contribution in [0, 0.1) is 0 Å². The lowest BCUT2D eigenvalue weighted by Crippen LogP contribution is -2.41. The summed E-state index contributed by atoms with van der Waals surface area (Å²) < 4.78 is 11.1. The van der Waals surface area contributed by atoms with Crippen LogP contribution in [0.1, 0.15) is 37.4 Å². The highest BCUT2D eigenvalue weighted by Crippen LogP contribution is 2.24. The Balaban J connectivity index is 1.36. The van der Waals surface area contributed by atoms with E-state index in [0.29, 0.717) is 25.7 Å². The maximum Gasteiger partial charge on any atom is 0.110 e. The molecule has 124 valence electrons. The van der Waals surface area contributed by atoms with Crippen LogP contribution in [0.4, 0.5) is 0 Å². The predicted octanol–water partition coefficient (Wildman–Crippen LogP) is 1.15. The minimum atomic E-state index is -0.434. The SMILES string of the molecule is OC(COCC1CCCO1)CN1CCCC(c2ncc[nH]2)C1. The third kappa shape index (κ3) is 4.52. The number of aliphatic hydroxyl groups excluding tert-OH is 1. The highest BCUT2D eigenvalue weighted by atomic mass is 16.5. The minimum absolute atomic E-state index is 0.227. The van der Waals surface area contributed by atoms with Gasteiger partial charge in [-0.25, -0.2) is 4.98 Å². The van der Waals surface area contributed by atoms with Gasteiger partial charge in [-0.05, 0) is 32.2 Å². The lowest BCUT2D eigenvalue weighted by Gasteiger charge is -2.33. The maximum absolute atomic E-state index is 10.2. The summed E-state index contributed by atoms with van der Waals surface area (Å²) in [6, 6.07) is 0. The number of aromatic nitrogens is 2. The normalized spacial score (nSPS) is 28.0. The van der Waals surface area contributed by atoms with Gasteiger partial charge in [0.25, 0.3) is 0 Å². The van der Waals surface area contributed by atoms with E-state index in [9.17, 15) is 5.11 Å². The summed E-state index contributed by atoms with van der Waals surface area (Å²) in [6.07, 6.45) is 7.99. The molecule has 2 aliphatic rings. The van der Waals surface area contributed by atoms with Crippen molar-refractivity contribution in [2.75, 3.05) is 39.5 Å². The molecule has 3 heterocycles. The number of imidazole rings is 1. The molecule has 22 heavy (non-hydrogen) atoms. The van der Waals surface area contributed by atoms with Gasteiger partial charge in [-0.15, -0.1) is 0 Å². The first-order chi connectivity index (χ1) is 10.8. The molecular formula is C16H27N3O3. The van der Waals surface area contributed by atoms with Crippen LogP contribution in [0.25, 0.3) is 0 Å². The minimum Gasteiger partial charge on any atom is -0.389 e. The quantitative estimate of drug-likeness (QED) is 0.790. The molecule has 0 radical (unpaired) electrons. The van der Waals surface area contributed by atoms with Crippen LogP contribution >= 0.6 is 0 Å². The third-order valence-corrected chi connectivity index (χ3v) is 4.52. The number of aliphatic hydroxyl groups is 1. The molecule has 0 saturated carbocycles. The Bertz CT molecular complexity index is 420. The van der Waals surface area contributed by atoms with E-state index >= 15 is 0 Å². The Morgan fingerprint density at radius 3 is 3.18 bits per heavy atom. The molecule has 3 unspecified atom stereocenters. The van der Waals surface area contributed by atoms with Gasteiger partial charge < -0.3 is 19.6 Å². The van der Waals surface area contributed by atoms with Crippen molar-refractivity contribution in [1.82, 2.24) is 14.9 Å². The standard InChI is InChI=1S/C16H27N3O3/c20-14(11-21-12-15-4-2-8-22-15)10-19-7-1-3-13(9-19)16-17-5-6-18-16/h5-6,13-15,20H,1-4,7-12H2,(H,17,18). The van der Waals surface area contributed by atoms with E-state index in [1.165, 1.54) is 0 Å². The van der Waals surface area contributed by atoms with E-state index in [4.69, 9.17) is 9.47 Å². The molecule has 6 heteroatoms. The lowest BCUT2D eigenvalue weighted by molar-refractivity contribution is -0.0270. The van der Waals surface area contributed by atoms with Crippen LogP contribution < -0.4 is 0 Å². The number of ether oxygens (including phenoxy) is 2. The number of nitrogens with zero attached hydrogens (tertiary/aromatic N) is 2. The molecule has 3 rings (SSSR count). The molecule has 2 saturated heterocycles. The van der Waals surface area contributed by atoms with Crippen LogP contribution in [-0.4, -0.2) is 71.6 Å². The molecule has 2 fully saturated rings. The number of likely N-dealkylation sites (tertiary alicyclic amines) is 1. The van der Waals surface area contributed by atoms with Crippen molar-refractivity contribution in [3.05, 3.63) is 18.2 Å². The van der Waals surface area contributed by atoms with Crippen molar-refractivity contribution in [1.29, 1.82) is 0 Å². The summed E-state index contributed by atoms with van der Waals surface area (Å²) in [6.45, 7) is 4.51. The molecule has 0 spiro atoms. The van der Waals surface area contributed by atoms with Crippen molar-refractivity contribution >= 4 is 0 Å². The number of nitrogens with one attached hydrogen (secondary N) is 1. The molecule has 1 aromatic rings. The molecule has 0 aromatic carbocycles. The second-order valence-corrected chi connectivity index (χ2v) is 6.40. The van der Waals surface area contributed by atoms with Crippen LogP contribution in [-0.2, 0) is 9.47 Å². The first-order valence-electron chi connectivity index (χ1n) is 8.40. The Kier molecular flexibility index (Phi) is 5.83. The maximum atomic E-state index is 10.2. The zero-order valence-electron chi connectivity index (χ0n) is 13.1. The van der Waals surface area contributed by atoms with Crippen molar-refractivity contribution in [3.63, 3.8) is 0 Å². The molecular weight excluding hydrogens is 282 g/mol. The van der Waals surface area contributed by atoms with E-state index in [2.05, 4.69) is 14.9 Å². The zero-order valence-corrected chi connectivity index (χ0v) is 13.1. The van der Waals surface area contributed by atoms with Gasteiger partial charge in [0.2, 0.25) is 0 Å². The summed E-state index contributed by atoms with van der Waals surface area (Å²) in [5.41, 5.74) is 0. The summed E-state index contributed by atoms with van der Waals surface area (Å²) in [4.78, 5) is 9.89. The third-order valence-electron chi connectivity index (χ3n) is 4.52. The van der Waals surface area contributed by atoms with Gasteiger partial charge in [0.1, 0.15) is 5.82 Å². The first-order valence-corrected chi connectivity index (χ1v) is 8.40. The molecule has 6 nitrogen and oxygen atoms in total. The smallest absolute Gasteiger partial charge is 0.110 e. The van der Waals surface area contributed by atoms with Crippen LogP contribution in [0.5, 0.6) is 0 Å². The lowest BCUT2D eigenvalue weighted by atomic mass is 9.97. The fourth-order valence-electron chi connectivity index (χ4n) is 3.41. The van der Waals surface area contributed by atoms with Gasteiger partial charge in [-0.3, -0.25) is 4.90 Å². The van der Waals surface area contributed by atoms with Gasteiger partial charge >= 0.3 is 0 Å². The van der Waals surface area contributed by atoms with E-state index < -0.39 is 6.10 Å². The van der Waals surface area contributed by atoms with Crippen molar-refractivity contribution in [3.8, 4) is 0 Å². The Morgan fingerprint density at radius 1 is 1.45 bits per heavy atom. The summed E-state index contributed by atoms with van der Waals surface area (Å²) >= 11 is 0. The average Bonchev–Trinajstić information content (AvgIpc) is 3.21. The van der Waals surface area contributed by atoms with E-state index in [0.717, 1.165) is 51.2 Å². The first kappa shape index (κ1) is 15.9. The second-order valence-electron chi connectivity index (χ2n) is 6.40. The molecule has 0 amide bonds. The van der Waals surface area contributed by atoms with Gasteiger partial charge in [0.15, 0.2) is 0 Å². The van der Waals surface area contributed by atoms with Crippen molar-refractivity contribution in [2.24, 2.45) is 0 Å². The zero-order chi connectivity index (χ0) is 15.2. The summed E-state index contributed by atoms with van der Waals surface area (Å²) in [5, 5.41) is 10.2. The number of aromatic amines is 1. The highest BCUT2D eigenvalue weighted by Gasteiger charge is 2.24. The van der Waals surface area contributed by atoms with Crippen LogP contribution in [0.2, 0.25) is 0 Å². The average molecular weight is 309 g/mol. The van der Waals surface area contributed by atoms with Gasteiger partial charge in [-0.2, -0.15) is 0 Å². The number of rotatable bonds is 7. The predicted molar refractivity (Wildman–Crippen MR) is 82.8 cm³/mol. The van der Waals surface area contributed by atoms with Crippen LogP contribution in [0.15, 0.2) is 12.4 Å². The van der Waals surface area contributed by atoms with Gasteiger partial charge in [0, 0.05) is 38.0 Å². The summed E-state index contributed by atoms with van der Waals surface area (Å²) in [5.74, 6) is 1.51. The molecule has 3 atom stereocenters. The molecule has 2 N–H and O–H groups in total. The number of H-pyrrole nitrogens is 1. The second kappa shape index (κ2) is 8.06. The fraction of sp³-hybridized carbons (Fsp3) is 0.812. The number of hydrogen-bond acceptors (Lipinski definition) is 5. The van der Waals surface area contributed by atoms with Crippen LogP contribution in [0.3, 0.4) is 0 Å². The topological polar surface area (TPSA) is 70.6 Å². The van der Waals surface area contributed by atoms with Gasteiger partial charge in [0.05, 0.1) is 25.4 Å².